The van der Waals surface area contributed by atoms with Gasteiger partial charge in [-0.15, -0.1) is 0 Å². The third kappa shape index (κ3) is 4.67. The van der Waals surface area contributed by atoms with Gasteiger partial charge in [-0.2, -0.15) is 0 Å². The van der Waals surface area contributed by atoms with Crippen LogP contribution in [0.3, 0.4) is 0 Å². The van der Waals surface area contributed by atoms with E-state index >= 15 is 0 Å². The molecule has 2 aromatic rings. The van der Waals surface area contributed by atoms with Crippen LogP contribution in [-0.4, -0.2) is 42.4 Å². The van der Waals surface area contributed by atoms with Crippen molar-refractivity contribution in [3.8, 4) is 11.1 Å². The molecule has 26 heavy (non-hydrogen) atoms. The second-order valence-electron chi connectivity index (χ2n) is 6.58. The van der Waals surface area contributed by atoms with E-state index in [1.54, 1.807) is 24.3 Å². The van der Waals surface area contributed by atoms with Crippen molar-refractivity contribution in [2.24, 2.45) is 5.73 Å². The molecule has 1 heterocycles. The van der Waals surface area contributed by atoms with Crippen LogP contribution >= 0.6 is 0 Å². The fourth-order valence-corrected chi connectivity index (χ4v) is 3.23. The van der Waals surface area contributed by atoms with Gasteiger partial charge in [0.05, 0.1) is 6.54 Å². The predicted octanol–water partition coefficient (Wildman–Crippen LogP) is 2.17. The van der Waals surface area contributed by atoms with Gasteiger partial charge < -0.3 is 11.1 Å². The van der Waals surface area contributed by atoms with E-state index in [4.69, 9.17) is 5.73 Å². The van der Waals surface area contributed by atoms with Gasteiger partial charge in [0.2, 0.25) is 5.91 Å². The minimum atomic E-state index is -0.332. The SMILES string of the molecule is NC(=O)CN1CCC(NC(=O)c2cccc(-c3cccc(F)c3)c2)CC1. The zero-order valence-electron chi connectivity index (χ0n) is 14.5. The molecule has 3 rings (SSSR count). The molecule has 1 saturated heterocycles. The lowest BCUT2D eigenvalue weighted by molar-refractivity contribution is -0.119. The highest BCUT2D eigenvalue weighted by molar-refractivity contribution is 5.95. The zero-order chi connectivity index (χ0) is 18.5. The van der Waals surface area contributed by atoms with Crippen LogP contribution in [0.4, 0.5) is 4.39 Å². The number of amides is 2. The lowest BCUT2D eigenvalue weighted by Gasteiger charge is -2.31. The highest BCUT2D eigenvalue weighted by atomic mass is 19.1. The van der Waals surface area contributed by atoms with Crippen molar-refractivity contribution in [3.05, 3.63) is 59.9 Å². The van der Waals surface area contributed by atoms with Crippen LogP contribution < -0.4 is 11.1 Å². The molecule has 0 atom stereocenters. The molecule has 6 heteroatoms. The summed E-state index contributed by atoms with van der Waals surface area (Å²) >= 11 is 0. The van der Waals surface area contributed by atoms with Crippen molar-refractivity contribution in [3.63, 3.8) is 0 Å². The molecule has 136 valence electrons. The van der Waals surface area contributed by atoms with Crippen LogP contribution in [0, 0.1) is 5.82 Å². The molecule has 1 aliphatic rings. The molecule has 1 aliphatic heterocycles. The minimum absolute atomic E-state index is 0.0736. The van der Waals surface area contributed by atoms with Gasteiger partial charge in [-0.25, -0.2) is 4.39 Å². The number of nitrogens with two attached hydrogens (primary N) is 1. The summed E-state index contributed by atoms with van der Waals surface area (Å²) in [5.74, 6) is -0.779. The summed E-state index contributed by atoms with van der Waals surface area (Å²) < 4.78 is 13.4. The average molecular weight is 355 g/mol. The molecular formula is C20H22FN3O2. The number of carbonyl (C=O) groups is 2. The summed E-state index contributed by atoms with van der Waals surface area (Å²) in [4.78, 5) is 25.5. The average Bonchev–Trinajstić information content (AvgIpc) is 2.63. The Morgan fingerprint density at radius 3 is 2.38 bits per heavy atom. The molecular weight excluding hydrogens is 333 g/mol. The molecule has 2 aromatic carbocycles. The van der Waals surface area contributed by atoms with Crippen molar-refractivity contribution < 1.29 is 14.0 Å². The van der Waals surface area contributed by atoms with Crippen LogP contribution in [0.15, 0.2) is 48.5 Å². The Kier molecular flexibility index (Phi) is 5.63. The topological polar surface area (TPSA) is 75.4 Å². The Balaban J connectivity index is 1.62. The fourth-order valence-electron chi connectivity index (χ4n) is 3.23. The van der Waals surface area contributed by atoms with E-state index in [9.17, 15) is 14.0 Å². The van der Waals surface area contributed by atoms with Crippen molar-refractivity contribution >= 4 is 11.8 Å². The Bertz CT molecular complexity index is 801. The van der Waals surface area contributed by atoms with Crippen molar-refractivity contribution in [2.45, 2.75) is 18.9 Å². The van der Waals surface area contributed by atoms with Crippen molar-refractivity contribution in [1.29, 1.82) is 0 Å². The maximum Gasteiger partial charge on any atom is 0.251 e. The van der Waals surface area contributed by atoms with Crippen LogP contribution in [0.25, 0.3) is 11.1 Å². The Morgan fingerprint density at radius 2 is 1.73 bits per heavy atom. The van der Waals surface area contributed by atoms with Gasteiger partial charge in [-0.3, -0.25) is 14.5 Å². The van der Waals surface area contributed by atoms with Gasteiger partial charge >= 0.3 is 0 Å². The number of piperidine rings is 1. The van der Waals surface area contributed by atoms with Crippen LogP contribution in [0.2, 0.25) is 0 Å². The molecule has 0 aromatic heterocycles. The molecule has 0 bridgehead atoms. The van der Waals surface area contributed by atoms with Crippen molar-refractivity contribution in [1.82, 2.24) is 10.2 Å². The maximum absolute atomic E-state index is 13.4. The highest BCUT2D eigenvalue weighted by Gasteiger charge is 2.22. The predicted molar refractivity (Wildman–Crippen MR) is 98.0 cm³/mol. The minimum Gasteiger partial charge on any atom is -0.369 e. The summed E-state index contributed by atoms with van der Waals surface area (Å²) in [6, 6.07) is 13.6. The van der Waals surface area contributed by atoms with Gasteiger partial charge in [0.15, 0.2) is 0 Å². The lowest BCUT2D eigenvalue weighted by Crippen LogP contribution is -2.46. The summed E-state index contributed by atoms with van der Waals surface area (Å²) in [7, 11) is 0. The summed E-state index contributed by atoms with van der Waals surface area (Å²) in [6.07, 6.45) is 1.56. The lowest BCUT2D eigenvalue weighted by atomic mass is 10.0. The largest absolute Gasteiger partial charge is 0.369 e. The number of likely N-dealkylation sites (tertiary alicyclic amines) is 1. The van der Waals surface area contributed by atoms with E-state index in [0.717, 1.165) is 37.1 Å². The molecule has 0 aliphatic carbocycles. The molecule has 0 radical (unpaired) electrons. The monoisotopic (exact) mass is 355 g/mol. The number of nitrogens with one attached hydrogen (secondary N) is 1. The van der Waals surface area contributed by atoms with Crippen molar-refractivity contribution in [2.75, 3.05) is 19.6 Å². The summed E-state index contributed by atoms with van der Waals surface area (Å²) in [5, 5.41) is 3.04. The quantitative estimate of drug-likeness (QED) is 0.863. The second-order valence-corrected chi connectivity index (χ2v) is 6.58. The number of rotatable bonds is 5. The number of halogens is 1. The number of carbonyl (C=O) groups excluding carboxylic acids is 2. The molecule has 5 nitrogen and oxygen atoms in total. The molecule has 3 N–H and O–H groups in total. The maximum atomic E-state index is 13.4. The van der Waals surface area contributed by atoms with Gasteiger partial charge in [-0.05, 0) is 48.2 Å². The highest BCUT2D eigenvalue weighted by Crippen LogP contribution is 2.21. The number of hydrogen-bond acceptors (Lipinski definition) is 3. The van der Waals surface area contributed by atoms with E-state index in [0.29, 0.717) is 5.56 Å². The first-order valence-corrected chi connectivity index (χ1v) is 8.69. The number of benzene rings is 2. The first-order chi connectivity index (χ1) is 12.5. The molecule has 0 saturated carbocycles. The number of hydrogen-bond donors (Lipinski definition) is 2. The molecule has 2 amide bonds. The fraction of sp³-hybridized carbons (Fsp3) is 0.300. The Labute approximate surface area is 152 Å². The summed E-state index contributed by atoms with van der Waals surface area (Å²) in [6.45, 7) is 1.73. The van der Waals surface area contributed by atoms with Gasteiger partial charge in [-0.1, -0.05) is 24.3 Å². The number of primary amides is 1. The van der Waals surface area contributed by atoms with E-state index < -0.39 is 0 Å². The van der Waals surface area contributed by atoms with E-state index in [1.165, 1.54) is 12.1 Å². The van der Waals surface area contributed by atoms with E-state index in [1.807, 2.05) is 17.0 Å². The van der Waals surface area contributed by atoms with E-state index in [2.05, 4.69) is 5.32 Å². The second kappa shape index (κ2) is 8.10. The normalized spacial score (nSPS) is 15.6. The third-order valence-electron chi connectivity index (χ3n) is 4.58. The molecule has 0 unspecified atom stereocenters. The smallest absolute Gasteiger partial charge is 0.251 e. The first kappa shape index (κ1) is 18.1. The van der Waals surface area contributed by atoms with E-state index in [-0.39, 0.29) is 30.2 Å². The van der Waals surface area contributed by atoms with Crippen LogP contribution in [-0.2, 0) is 4.79 Å². The molecule has 0 spiro atoms. The van der Waals surface area contributed by atoms with Gasteiger partial charge in [0.1, 0.15) is 5.82 Å². The third-order valence-corrected chi connectivity index (χ3v) is 4.58. The van der Waals surface area contributed by atoms with Crippen LogP contribution in [0.5, 0.6) is 0 Å². The Hall–Kier alpha value is -2.73. The first-order valence-electron chi connectivity index (χ1n) is 8.69. The standard InChI is InChI=1S/C20H22FN3O2/c21-17-6-2-4-15(12-17)14-3-1-5-16(11-14)20(26)23-18-7-9-24(10-8-18)13-19(22)25/h1-6,11-12,18H,7-10,13H2,(H2,22,25)(H,23,26). The number of nitrogens with zero attached hydrogens (tertiary/aromatic N) is 1. The van der Waals surface area contributed by atoms with Crippen LogP contribution in [0.1, 0.15) is 23.2 Å². The van der Waals surface area contributed by atoms with Gasteiger partial charge in [0, 0.05) is 24.7 Å². The molecule has 1 fully saturated rings. The Morgan fingerprint density at radius 1 is 1.08 bits per heavy atom. The zero-order valence-corrected chi connectivity index (χ0v) is 14.5. The summed E-state index contributed by atoms with van der Waals surface area (Å²) in [5.41, 5.74) is 7.29. The van der Waals surface area contributed by atoms with Gasteiger partial charge in [0.25, 0.3) is 5.91 Å².